The monoisotopic (exact) mass is 253 g/mol. The van der Waals surface area contributed by atoms with E-state index in [9.17, 15) is 9.59 Å². The van der Waals surface area contributed by atoms with Crippen molar-refractivity contribution in [1.29, 1.82) is 0 Å². The molecule has 1 amide bonds. The summed E-state index contributed by atoms with van der Waals surface area (Å²) in [4.78, 5) is 24.7. The normalized spacial score (nSPS) is 23.1. The number of carbonyl (C=O) groups is 2. The Balaban J connectivity index is 2.33. The van der Waals surface area contributed by atoms with Crippen molar-refractivity contribution in [3.05, 3.63) is 11.3 Å². The molecule has 2 rings (SSSR count). The topological polar surface area (TPSA) is 80.2 Å². The van der Waals surface area contributed by atoms with E-state index in [4.69, 9.17) is 9.47 Å². The van der Waals surface area contributed by atoms with Crippen LogP contribution in [0.2, 0.25) is 0 Å². The van der Waals surface area contributed by atoms with Crippen LogP contribution in [-0.4, -0.2) is 42.5 Å². The predicted octanol–water partition coefficient (Wildman–Crippen LogP) is -0.0550. The zero-order valence-corrected chi connectivity index (χ0v) is 10.5. The Labute approximate surface area is 104 Å². The Morgan fingerprint density at radius 1 is 1.56 bits per heavy atom. The molecule has 2 heterocycles. The quantitative estimate of drug-likeness (QED) is 0.698. The van der Waals surface area contributed by atoms with Crippen LogP contribution in [0, 0.1) is 0 Å². The molecule has 1 atom stereocenters. The van der Waals surface area contributed by atoms with E-state index >= 15 is 0 Å². The van der Waals surface area contributed by atoms with Gasteiger partial charge in [0.05, 0.1) is 7.11 Å². The first kappa shape index (κ1) is 12.4. The largest absolute Gasteiger partial charge is 0.491 e. The van der Waals surface area contributed by atoms with Crippen LogP contribution in [-0.2, 0) is 19.1 Å². The van der Waals surface area contributed by atoms with Gasteiger partial charge in [-0.05, 0) is 6.92 Å². The molecule has 0 saturated carbocycles. The van der Waals surface area contributed by atoms with Gasteiger partial charge in [-0.2, -0.15) is 5.10 Å². The molecule has 1 unspecified atom stereocenters. The van der Waals surface area contributed by atoms with Gasteiger partial charge >= 0.3 is 5.97 Å². The number of hydrogen-bond donors (Lipinski definition) is 1. The molecule has 0 bridgehead atoms. The lowest BCUT2D eigenvalue weighted by Crippen LogP contribution is -2.42. The summed E-state index contributed by atoms with van der Waals surface area (Å²) in [7, 11) is 1.42. The van der Waals surface area contributed by atoms with Crippen molar-refractivity contribution in [3.8, 4) is 0 Å². The minimum absolute atomic E-state index is 0.204. The van der Waals surface area contributed by atoms with Gasteiger partial charge in [-0.25, -0.2) is 0 Å². The number of rotatable bonds is 2. The first-order valence-corrected chi connectivity index (χ1v) is 5.61. The van der Waals surface area contributed by atoms with Crippen LogP contribution in [0.1, 0.15) is 20.3 Å². The van der Waals surface area contributed by atoms with Gasteiger partial charge in [0, 0.05) is 25.5 Å². The fourth-order valence-corrected chi connectivity index (χ4v) is 2.03. The smallest absolute Gasteiger partial charge is 0.304 e. The molecule has 2 aliphatic rings. The molecule has 98 valence electrons. The SMILES string of the molecule is COC1=C(C)C(OC(C)=O)N(C2=NNCC2)C1=O. The summed E-state index contributed by atoms with van der Waals surface area (Å²) in [6.07, 6.45) is -0.156. The highest BCUT2D eigenvalue weighted by Crippen LogP contribution is 2.28. The summed E-state index contributed by atoms with van der Waals surface area (Å²) < 4.78 is 10.2. The number of methoxy groups -OCH3 is 1. The Bertz CT molecular complexity index is 455. The van der Waals surface area contributed by atoms with Crippen molar-refractivity contribution < 1.29 is 19.1 Å². The fourth-order valence-electron chi connectivity index (χ4n) is 2.03. The minimum atomic E-state index is -0.761. The molecular formula is C11H15N3O4. The van der Waals surface area contributed by atoms with Gasteiger partial charge in [0.15, 0.2) is 5.76 Å². The number of nitrogens with one attached hydrogen (secondary N) is 1. The molecule has 0 fully saturated rings. The molecule has 2 aliphatic heterocycles. The standard InChI is InChI=1S/C11H15N3O4/c1-6-9(17-3)10(16)14(8-4-5-12-13-8)11(6)18-7(2)15/h11-12H,4-5H2,1-3H3. The molecule has 0 aliphatic carbocycles. The number of amidine groups is 1. The third kappa shape index (κ3) is 1.92. The highest BCUT2D eigenvalue weighted by Gasteiger charge is 2.43. The van der Waals surface area contributed by atoms with Gasteiger partial charge in [0.1, 0.15) is 5.84 Å². The van der Waals surface area contributed by atoms with E-state index in [-0.39, 0.29) is 11.7 Å². The number of amides is 1. The van der Waals surface area contributed by atoms with Gasteiger partial charge in [-0.15, -0.1) is 0 Å². The first-order chi connectivity index (χ1) is 8.56. The Hall–Kier alpha value is -2.05. The zero-order chi connectivity index (χ0) is 13.3. The van der Waals surface area contributed by atoms with Crippen LogP contribution in [0.15, 0.2) is 16.4 Å². The fraction of sp³-hybridized carbons (Fsp3) is 0.545. The lowest BCUT2D eigenvalue weighted by Gasteiger charge is -2.24. The first-order valence-electron chi connectivity index (χ1n) is 5.61. The van der Waals surface area contributed by atoms with Crippen LogP contribution in [0.25, 0.3) is 0 Å². The lowest BCUT2D eigenvalue weighted by atomic mass is 10.2. The van der Waals surface area contributed by atoms with Crippen LogP contribution in [0.5, 0.6) is 0 Å². The summed E-state index contributed by atoms with van der Waals surface area (Å²) in [5, 5.41) is 4.03. The highest BCUT2D eigenvalue weighted by atomic mass is 16.6. The molecule has 0 radical (unpaired) electrons. The molecule has 0 aromatic rings. The number of carbonyl (C=O) groups excluding carboxylic acids is 2. The maximum absolute atomic E-state index is 12.2. The number of hydrazone groups is 1. The second-order valence-electron chi connectivity index (χ2n) is 4.04. The van der Waals surface area contributed by atoms with Crippen LogP contribution < -0.4 is 5.43 Å². The van der Waals surface area contributed by atoms with Gasteiger partial charge in [-0.3, -0.25) is 14.5 Å². The van der Waals surface area contributed by atoms with Crippen LogP contribution in [0.4, 0.5) is 0 Å². The van der Waals surface area contributed by atoms with E-state index in [1.807, 2.05) is 0 Å². The molecule has 18 heavy (non-hydrogen) atoms. The third-order valence-corrected chi connectivity index (χ3v) is 2.80. The average molecular weight is 253 g/mol. The Kier molecular flexibility index (Phi) is 3.22. The van der Waals surface area contributed by atoms with Crippen molar-refractivity contribution in [3.63, 3.8) is 0 Å². The van der Waals surface area contributed by atoms with E-state index in [1.165, 1.54) is 18.9 Å². The third-order valence-electron chi connectivity index (χ3n) is 2.80. The van der Waals surface area contributed by atoms with E-state index in [2.05, 4.69) is 10.5 Å². The summed E-state index contributed by atoms with van der Waals surface area (Å²) in [6, 6.07) is 0. The lowest BCUT2D eigenvalue weighted by molar-refractivity contribution is -0.151. The molecule has 7 nitrogen and oxygen atoms in total. The number of ether oxygens (including phenoxy) is 2. The maximum Gasteiger partial charge on any atom is 0.304 e. The molecule has 0 aromatic heterocycles. The van der Waals surface area contributed by atoms with Crippen LogP contribution in [0.3, 0.4) is 0 Å². The van der Waals surface area contributed by atoms with Gasteiger partial charge in [0.2, 0.25) is 6.23 Å². The number of nitrogens with zero attached hydrogens (tertiary/aromatic N) is 2. The van der Waals surface area contributed by atoms with E-state index < -0.39 is 12.2 Å². The van der Waals surface area contributed by atoms with Crippen molar-refractivity contribution in [2.45, 2.75) is 26.5 Å². The second kappa shape index (κ2) is 4.67. The van der Waals surface area contributed by atoms with Crippen molar-refractivity contribution in [2.75, 3.05) is 13.7 Å². The summed E-state index contributed by atoms with van der Waals surface area (Å²) in [5.41, 5.74) is 3.36. The predicted molar refractivity (Wildman–Crippen MR) is 62.2 cm³/mol. The average Bonchev–Trinajstić information content (AvgIpc) is 2.88. The maximum atomic E-state index is 12.2. The van der Waals surface area contributed by atoms with Crippen molar-refractivity contribution in [1.82, 2.24) is 10.3 Å². The second-order valence-corrected chi connectivity index (χ2v) is 4.04. The molecular weight excluding hydrogens is 238 g/mol. The molecule has 0 saturated heterocycles. The van der Waals surface area contributed by atoms with Gasteiger partial charge in [-0.1, -0.05) is 0 Å². The number of hydrogen-bond acceptors (Lipinski definition) is 6. The van der Waals surface area contributed by atoms with Gasteiger partial charge < -0.3 is 14.9 Å². The minimum Gasteiger partial charge on any atom is -0.491 e. The Morgan fingerprint density at radius 3 is 2.78 bits per heavy atom. The van der Waals surface area contributed by atoms with E-state index in [1.54, 1.807) is 6.92 Å². The highest BCUT2D eigenvalue weighted by molar-refractivity contribution is 6.08. The van der Waals surface area contributed by atoms with Gasteiger partial charge in [0.25, 0.3) is 5.91 Å². The molecule has 0 spiro atoms. The van der Waals surface area contributed by atoms with Crippen molar-refractivity contribution in [2.24, 2.45) is 5.10 Å². The van der Waals surface area contributed by atoms with E-state index in [0.717, 1.165) is 0 Å². The summed E-state index contributed by atoms with van der Waals surface area (Å²) in [5.74, 6) is -0.0294. The molecule has 7 heteroatoms. The van der Waals surface area contributed by atoms with Crippen LogP contribution >= 0.6 is 0 Å². The summed E-state index contributed by atoms with van der Waals surface area (Å²) in [6.45, 7) is 3.66. The summed E-state index contributed by atoms with van der Waals surface area (Å²) >= 11 is 0. The molecule has 1 N–H and O–H groups in total. The zero-order valence-electron chi connectivity index (χ0n) is 10.5. The van der Waals surface area contributed by atoms with E-state index in [0.29, 0.717) is 24.4 Å². The van der Waals surface area contributed by atoms with Crippen molar-refractivity contribution >= 4 is 17.7 Å². The Morgan fingerprint density at radius 2 is 2.28 bits per heavy atom. The molecule has 0 aromatic carbocycles. The number of esters is 1.